The second-order valence-electron chi connectivity index (χ2n) is 7.02. The number of alkyl carbamates (subject to hydrolysis) is 1. The van der Waals surface area contributed by atoms with Crippen LogP contribution in [0.4, 0.5) is 10.5 Å². The predicted octanol–water partition coefficient (Wildman–Crippen LogP) is 3.62. The molecule has 1 atom stereocenters. The number of rotatable bonds is 11. The Labute approximate surface area is 182 Å². The molecule has 1 aromatic carbocycles. The second kappa shape index (κ2) is 13.8. The molecule has 0 radical (unpaired) electrons. The van der Waals surface area contributed by atoms with E-state index in [1.54, 1.807) is 41.9 Å². The van der Waals surface area contributed by atoms with Gasteiger partial charge in [-0.1, -0.05) is 48.6 Å². The topological polar surface area (TPSA) is 117 Å². The van der Waals surface area contributed by atoms with Gasteiger partial charge in [-0.15, -0.1) is 0 Å². The van der Waals surface area contributed by atoms with Crippen LogP contribution >= 0.6 is 0 Å². The van der Waals surface area contributed by atoms with Crippen LogP contribution in [0.2, 0.25) is 0 Å². The highest BCUT2D eigenvalue weighted by Gasteiger charge is 2.19. The Bertz CT molecular complexity index is 818. The van der Waals surface area contributed by atoms with Gasteiger partial charge in [0.25, 0.3) is 5.91 Å². The third-order valence-electron chi connectivity index (χ3n) is 4.52. The normalized spacial score (nSPS) is 13.9. The number of nitrogens with one attached hydrogen (secondary N) is 3. The maximum Gasteiger partial charge on any atom is 0.408 e. The van der Waals surface area contributed by atoms with Gasteiger partial charge >= 0.3 is 6.09 Å². The molecule has 0 bridgehead atoms. The highest BCUT2D eigenvalue weighted by Crippen LogP contribution is 2.10. The van der Waals surface area contributed by atoms with Crippen LogP contribution in [0.25, 0.3) is 0 Å². The highest BCUT2D eigenvalue weighted by atomic mass is 16.5. The van der Waals surface area contributed by atoms with Crippen LogP contribution in [-0.2, 0) is 14.3 Å². The Balaban J connectivity index is 1.89. The molecule has 0 spiro atoms. The summed E-state index contributed by atoms with van der Waals surface area (Å²) in [7, 11) is 0. The quantitative estimate of drug-likeness (QED) is 0.186. The zero-order valence-electron chi connectivity index (χ0n) is 17.4. The molecule has 166 valence electrons. The van der Waals surface area contributed by atoms with Crippen molar-refractivity contribution < 1.29 is 24.3 Å². The van der Waals surface area contributed by atoms with Crippen LogP contribution in [0.3, 0.4) is 0 Å². The molecular weight excluding hydrogens is 398 g/mol. The van der Waals surface area contributed by atoms with E-state index in [0.29, 0.717) is 24.9 Å². The van der Waals surface area contributed by atoms with Crippen molar-refractivity contribution in [1.29, 1.82) is 0 Å². The van der Waals surface area contributed by atoms with E-state index in [2.05, 4.69) is 10.6 Å². The number of allylic oxidation sites excluding steroid dienone is 3. The van der Waals surface area contributed by atoms with E-state index in [0.717, 1.165) is 18.4 Å². The van der Waals surface area contributed by atoms with Gasteiger partial charge in [0.05, 0.1) is 0 Å². The number of hydroxylamine groups is 1. The fourth-order valence-corrected chi connectivity index (χ4v) is 2.87. The minimum Gasteiger partial charge on any atom is -0.445 e. The van der Waals surface area contributed by atoms with E-state index in [4.69, 9.17) is 9.94 Å². The summed E-state index contributed by atoms with van der Waals surface area (Å²) in [6.45, 7) is 0.145. The summed E-state index contributed by atoms with van der Waals surface area (Å²) >= 11 is 0. The molecule has 0 saturated heterocycles. The lowest BCUT2D eigenvalue weighted by atomic mass is 10.1. The Morgan fingerprint density at radius 3 is 2.65 bits per heavy atom. The van der Waals surface area contributed by atoms with Crippen molar-refractivity contribution in [2.45, 2.75) is 44.6 Å². The van der Waals surface area contributed by atoms with Crippen LogP contribution in [-0.4, -0.2) is 35.8 Å². The van der Waals surface area contributed by atoms with E-state index in [1.807, 2.05) is 24.3 Å². The van der Waals surface area contributed by atoms with Gasteiger partial charge in [-0.05, 0) is 49.8 Å². The van der Waals surface area contributed by atoms with Crippen molar-refractivity contribution in [2.75, 3.05) is 11.9 Å². The zero-order chi connectivity index (χ0) is 22.3. The first-order valence-corrected chi connectivity index (χ1v) is 10.3. The van der Waals surface area contributed by atoms with Crippen molar-refractivity contribution in [3.8, 4) is 0 Å². The van der Waals surface area contributed by atoms with Gasteiger partial charge in [-0.3, -0.25) is 14.8 Å². The lowest BCUT2D eigenvalue weighted by molar-refractivity contribution is -0.129. The van der Waals surface area contributed by atoms with Crippen molar-refractivity contribution in [3.05, 3.63) is 66.3 Å². The van der Waals surface area contributed by atoms with E-state index < -0.39 is 23.9 Å². The summed E-state index contributed by atoms with van der Waals surface area (Å²) < 4.78 is 5.24. The van der Waals surface area contributed by atoms with Crippen LogP contribution in [0, 0.1) is 0 Å². The molecule has 3 amide bonds. The van der Waals surface area contributed by atoms with E-state index in [1.165, 1.54) is 0 Å². The zero-order valence-corrected chi connectivity index (χ0v) is 17.4. The monoisotopic (exact) mass is 427 g/mol. The van der Waals surface area contributed by atoms with E-state index in [9.17, 15) is 14.4 Å². The van der Waals surface area contributed by atoms with Crippen LogP contribution < -0.4 is 16.1 Å². The number of benzene rings is 1. The van der Waals surface area contributed by atoms with Crippen LogP contribution in [0.1, 0.15) is 38.5 Å². The Kier molecular flexibility index (Phi) is 10.6. The van der Waals surface area contributed by atoms with Gasteiger partial charge in [0.1, 0.15) is 12.6 Å². The Morgan fingerprint density at radius 2 is 1.94 bits per heavy atom. The summed E-state index contributed by atoms with van der Waals surface area (Å²) in [5.74, 6) is -0.827. The lowest BCUT2D eigenvalue weighted by Gasteiger charge is -2.16. The number of ether oxygens (including phenoxy) is 1. The second-order valence-corrected chi connectivity index (χ2v) is 7.02. The summed E-state index contributed by atoms with van der Waals surface area (Å²) in [6.07, 6.45) is 12.7. The highest BCUT2D eigenvalue weighted by molar-refractivity contribution is 5.97. The fraction of sp³-hybridized carbons (Fsp3) is 0.348. The lowest BCUT2D eigenvalue weighted by Crippen LogP contribution is -2.42. The van der Waals surface area contributed by atoms with Crippen molar-refractivity contribution in [1.82, 2.24) is 10.8 Å². The third kappa shape index (κ3) is 9.77. The average molecular weight is 428 g/mol. The Hall–Kier alpha value is -3.39. The minimum atomic E-state index is -0.913. The third-order valence-corrected chi connectivity index (χ3v) is 4.52. The van der Waals surface area contributed by atoms with E-state index in [-0.39, 0.29) is 13.0 Å². The van der Waals surface area contributed by atoms with Gasteiger partial charge in [-0.25, -0.2) is 10.3 Å². The summed E-state index contributed by atoms with van der Waals surface area (Å²) in [4.78, 5) is 35.9. The molecule has 0 aliphatic heterocycles. The first-order chi connectivity index (χ1) is 15.1. The van der Waals surface area contributed by atoms with Gasteiger partial charge < -0.3 is 15.4 Å². The van der Waals surface area contributed by atoms with E-state index >= 15 is 0 Å². The molecule has 4 N–H and O–H groups in total. The largest absolute Gasteiger partial charge is 0.445 e. The molecule has 0 saturated carbocycles. The SMILES string of the molecule is O=C(CCCCC=CC(NC(=O)OCC1=CCCC=C1)C(=O)Nc1ccccc1)NO. The number of amides is 3. The standard InChI is InChI=1S/C23H29N3O5/c27-21(26-30)16-10-2-1-9-15-20(22(28)24-19-13-7-4-8-14-19)25-23(29)31-17-18-11-5-3-6-12-18/h4-5,7-9,11-15,20,30H,1-3,6,10,16-17H2,(H,24,28)(H,25,29)(H,26,27). The van der Waals surface area contributed by atoms with Crippen molar-refractivity contribution >= 4 is 23.6 Å². The van der Waals surface area contributed by atoms with Gasteiger partial charge in [0.15, 0.2) is 0 Å². The molecular formula is C23H29N3O5. The molecule has 1 unspecified atom stereocenters. The molecule has 0 heterocycles. The van der Waals surface area contributed by atoms with Crippen molar-refractivity contribution in [3.63, 3.8) is 0 Å². The number of hydrogen-bond donors (Lipinski definition) is 4. The molecule has 8 nitrogen and oxygen atoms in total. The molecule has 0 aromatic heterocycles. The van der Waals surface area contributed by atoms with Crippen LogP contribution in [0.15, 0.2) is 66.3 Å². The maximum absolute atomic E-state index is 12.7. The minimum absolute atomic E-state index is 0.145. The molecule has 1 aliphatic carbocycles. The molecule has 1 aromatic rings. The van der Waals surface area contributed by atoms with Crippen LogP contribution in [0.5, 0.6) is 0 Å². The Morgan fingerprint density at radius 1 is 1.13 bits per heavy atom. The summed E-state index contributed by atoms with van der Waals surface area (Å²) in [6, 6.07) is 8.04. The molecule has 31 heavy (non-hydrogen) atoms. The molecule has 1 aliphatic rings. The number of carbonyl (C=O) groups excluding carboxylic acids is 3. The van der Waals surface area contributed by atoms with Gasteiger partial charge in [0.2, 0.25) is 5.91 Å². The number of carbonyl (C=O) groups is 3. The number of anilines is 1. The summed E-state index contributed by atoms with van der Waals surface area (Å²) in [5, 5.41) is 13.8. The smallest absolute Gasteiger partial charge is 0.408 e. The first-order valence-electron chi connectivity index (χ1n) is 10.3. The van der Waals surface area contributed by atoms with Gasteiger partial charge in [-0.2, -0.15) is 0 Å². The fourth-order valence-electron chi connectivity index (χ4n) is 2.87. The number of hydrogen-bond acceptors (Lipinski definition) is 5. The first kappa shape index (κ1) is 23.9. The van der Waals surface area contributed by atoms with Gasteiger partial charge in [0, 0.05) is 12.1 Å². The molecule has 0 fully saturated rings. The maximum atomic E-state index is 12.7. The molecule has 2 rings (SSSR count). The molecule has 8 heteroatoms. The van der Waals surface area contributed by atoms with Crippen molar-refractivity contribution in [2.24, 2.45) is 0 Å². The predicted molar refractivity (Wildman–Crippen MR) is 117 cm³/mol. The average Bonchev–Trinajstić information content (AvgIpc) is 2.80. The number of para-hydroxylation sites is 1. The summed E-state index contributed by atoms with van der Waals surface area (Å²) in [5.41, 5.74) is 3.13. The number of unbranched alkanes of at least 4 members (excludes halogenated alkanes) is 2.